The first kappa shape index (κ1) is 33.1. The van der Waals surface area contributed by atoms with Crippen molar-refractivity contribution in [3.8, 4) is 10.8 Å². The van der Waals surface area contributed by atoms with Crippen molar-refractivity contribution in [3.63, 3.8) is 0 Å². The number of aliphatic carboxylic acids is 1. The van der Waals surface area contributed by atoms with Crippen molar-refractivity contribution >= 4 is 46.2 Å². The molecule has 0 aliphatic carbocycles. The van der Waals surface area contributed by atoms with Gasteiger partial charge in [0, 0.05) is 30.9 Å². The first-order chi connectivity index (χ1) is 22.0. The van der Waals surface area contributed by atoms with Gasteiger partial charge >= 0.3 is 5.97 Å². The van der Waals surface area contributed by atoms with Gasteiger partial charge in [-0.1, -0.05) is 17.4 Å². The number of hydrogen-bond acceptors (Lipinski definition) is 12. The summed E-state index contributed by atoms with van der Waals surface area (Å²) in [4.78, 5) is 43.2. The fourth-order valence-electron chi connectivity index (χ4n) is 5.19. The van der Waals surface area contributed by atoms with E-state index in [1.165, 1.54) is 25.3 Å². The predicted molar refractivity (Wildman–Crippen MR) is 169 cm³/mol. The Balaban J connectivity index is 1.42. The summed E-state index contributed by atoms with van der Waals surface area (Å²) in [6.45, 7) is 3.68. The van der Waals surface area contributed by atoms with Crippen LogP contribution in [0.1, 0.15) is 26.5 Å². The molecule has 5 atom stereocenters. The lowest BCUT2D eigenvalue weighted by molar-refractivity contribution is -0.271. The number of aliphatic hydroxyl groups is 3. The number of ether oxygens (including phenoxy) is 3. The quantitative estimate of drug-likeness (QED) is 0.196. The Morgan fingerprint density at radius 1 is 0.891 bits per heavy atom. The van der Waals surface area contributed by atoms with Crippen molar-refractivity contribution in [1.29, 1.82) is 0 Å². The summed E-state index contributed by atoms with van der Waals surface area (Å²) >= 11 is 1.11. The van der Waals surface area contributed by atoms with Crippen LogP contribution in [0.4, 0.5) is 17.1 Å². The van der Waals surface area contributed by atoms with Crippen molar-refractivity contribution < 1.29 is 49.0 Å². The Kier molecular flexibility index (Phi) is 10.4. The number of para-hydroxylation sites is 1. The maximum atomic E-state index is 13.5. The zero-order valence-corrected chi connectivity index (χ0v) is 26.0. The lowest BCUT2D eigenvalue weighted by atomic mass is 9.99. The minimum absolute atomic E-state index is 0.0210. The Morgan fingerprint density at radius 3 is 2.35 bits per heavy atom. The van der Waals surface area contributed by atoms with E-state index in [-0.39, 0.29) is 17.1 Å². The summed E-state index contributed by atoms with van der Waals surface area (Å²) in [6, 6.07) is 14.7. The van der Waals surface area contributed by atoms with Gasteiger partial charge in [-0.2, -0.15) is 0 Å². The van der Waals surface area contributed by atoms with Crippen LogP contribution in [0.3, 0.4) is 0 Å². The van der Waals surface area contributed by atoms with E-state index in [9.17, 15) is 34.8 Å². The van der Waals surface area contributed by atoms with Gasteiger partial charge in [-0.3, -0.25) is 9.59 Å². The van der Waals surface area contributed by atoms with Crippen molar-refractivity contribution in [3.05, 3.63) is 65.0 Å². The number of likely N-dealkylation sites (N-methyl/N-ethyl adjacent to an activating group) is 1. The van der Waals surface area contributed by atoms with Crippen LogP contribution >= 0.6 is 11.3 Å². The number of thiophene rings is 1. The molecule has 0 unspecified atom stereocenters. The highest BCUT2D eigenvalue weighted by atomic mass is 32.1. The summed E-state index contributed by atoms with van der Waals surface area (Å²) in [7, 11) is 3.57. The van der Waals surface area contributed by atoms with Crippen LogP contribution in [0.15, 0.2) is 54.6 Å². The minimum atomic E-state index is -1.92. The van der Waals surface area contributed by atoms with E-state index in [0.717, 1.165) is 49.6 Å². The monoisotopic (exact) mass is 656 g/mol. The second-order valence-corrected chi connectivity index (χ2v) is 12.0. The van der Waals surface area contributed by atoms with Crippen molar-refractivity contribution in [2.75, 3.05) is 55.9 Å². The highest BCUT2D eigenvalue weighted by Crippen LogP contribution is 2.37. The first-order valence-corrected chi connectivity index (χ1v) is 15.4. The Hall–Kier alpha value is -4.25. The molecule has 2 amide bonds. The van der Waals surface area contributed by atoms with Gasteiger partial charge in [-0.25, -0.2) is 4.79 Å². The Morgan fingerprint density at radius 2 is 1.65 bits per heavy atom. The molecule has 0 spiro atoms. The molecule has 15 heteroatoms. The molecule has 46 heavy (non-hydrogen) atoms. The number of rotatable bonds is 9. The molecule has 0 saturated carbocycles. The summed E-state index contributed by atoms with van der Waals surface area (Å²) in [5, 5.41) is 46.4. The van der Waals surface area contributed by atoms with Crippen molar-refractivity contribution in [2.45, 2.75) is 37.1 Å². The number of carbonyl (C=O) groups excluding carboxylic acids is 2. The highest BCUT2D eigenvalue weighted by Gasteiger charge is 2.48. The summed E-state index contributed by atoms with van der Waals surface area (Å²) < 4.78 is 16.3. The van der Waals surface area contributed by atoms with E-state index in [2.05, 4.69) is 27.5 Å². The molecule has 3 heterocycles. The maximum Gasteiger partial charge on any atom is 0.335 e. The number of carboxylic acid groups (broad SMARTS) is 1. The normalized spacial score (nSPS) is 23.7. The third-order valence-electron chi connectivity index (χ3n) is 7.79. The Labute approximate surface area is 268 Å². The van der Waals surface area contributed by atoms with Gasteiger partial charge in [-0.05, 0) is 68.5 Å². The predicted octanol–water partition coefficient (Wildman–Crippen LogP) is 1.67. The average Bonchev–Trinajstić information content (AvgIpc) is 3.43. The zero-order chi connectivity index (χ0) is 33.0. The molecule has 0 radical (unpaired) electrons. The molecule has 2 aromatic carbocycles. The third-order valence-corrected chi connectivity index (χ3v) is 8.83. The molecule has 2 aliphatic heterocycles. The molecule has 5 rings (SSSR count). The fraction of sp³-hybridized carbons (Fsp3) is 0.387. The van der Waals surface area contributed by atoms with Crippen LogP contribution in [-0.4, -0.2) is 114 Å². The summed E-state index contributed by atoms with van der Waals surface area (Å²) in [6.07, 6.45) is -8.31. The van der Waals surface area contributed by atoms with E-state index in [4.69, 9.17) is 14.2 Å². The molecule has 3 aromatic rings. The number of amides is 2. The maximum absolute atomic E-state index is 13.5. The molecular formula is C31H36N4O10S. The van der Waals surface area contributed by atoms with Crippen molar-refractivity contribution in [1.82, 2.24) is 4.90 Å². The third kappa shape index (κ3) is 7.41. The van der Waals surface area contributed by atoms with Crippen LogP contribution < -0.4 is 25.0 Å². The number of hydrogen-bond donors (Lipinski definition) is 6. The summed E-state index contributed by atoms with van der Waals surface area (Å²) in [5.41, 5.74) is 1.39. The van der Waals surface area contributed by atoms with E-state index in [1.807, 2.05) is 12.1 Å². The van der Waals surface area contributed by atoms with Crippen LogP contribution in [-0.2, 0) is 9.53 Å². The van der Waals surface area contributed by atoms with Crippen LogP contribution in [0.5, 0.6) is 10.8 Å². The topological polar surface area (TPSA) is 190 Å². The van der Waals surface area contributed by atoms with Crippen LogP contribution in [0.2, 0.25) is 0 Å². The van der Waals surface area contributed by atoms with Gasteiger partial charge in [0.2, 0.25) is 6.29 Å². The number of carboxylic acids is 1. The number of benzene rings is 2. The molecule has 14 nitrogen and oxygen atoms in total. The highest BCUT2D eigenvalue weighted by molar-refractivity contribution is 7.15. The molecule has 0 bridgehead atoms. The van der Waals surface area contributed by atoms with Crippen LogP contribution in [0, 0.1) is 0 Å². The zero-order valence-electron chi connectivity index (χ0n) is 25.2. The van der Waals surface area contributed by atoms with E-state index < -0.39 is 48.5 Å². The van der Waals surface area contributed by atoms with Crippen LogP contribution in [0.25, 0.3) is 0 Å². The number of anilines is 3. The van der Waals surface area contributed by atoms with E-state index in [1.54, 1.807) is 24.3 Å². The van der Waals surface area contributed by atoms with E-state index >= 15 is 0 Å². The molecule has 2 fully saturated rings. The standard InChI is InChI=1S/C31H36N4O10S/c1-34-13-4-14-35(16-15-34)18-9-7-17(8-10-18)28(39)33-23-19(32-29(40)21-11-12-22(43-2)46-21)5-3-6-20(23)44-31-26(38)24(36)25(37)27(45-31)30(41)42/h3,5-12,24-27,31,36-38H,4,13-16H2,1-2H3,(H,32,40)(H,33,39)(H,41,42)/t24-,25-,26+,27-,31+/m0/s1. The SMILES string of the molecule is COc1ccc(C(=O)Nc2cccc(O[C@@H]3O[C@H](C(=O)O)[C@@H](O)[C@H](O)[C@H]3O)c2NC(=O)c2ccc(N3CCCN(C)CC3)cc2)s1. The van der Waals surface area contributed by atoms with Gasteiger partial charge in [-0.15, -0.1) is 0 Å². The average molecular weight is 657 g/mol. The minimum Gasteiger partial charge on any atom is -0.487 e. The molecule has 2 aliphatic rings. The van der Waals surface area contributed by atoms with Gasteiger partial charge < -0.3 is 55.1 Å². The van der Waals surface area contributed by atoms with Gasteiger partial charge in [0.25, 0.3) is 11.8 Å². The van der Waals surface area contributed by atoms with Crippen molar-refractivity contribution in [2.24, 2.45) is 0 Å². The molecule has 2 saturated heterocycles. The molecular weight excluding hydrogens is 620 g/mol. The molecule has 1 aromatic heterocycles. The number of aliphatic hydroxyl groups excluding tert-OH is 3. The molecule has 246 valence electrons. The first-order valence-electron chi connectivity index (χ1n) is 14.6. The van der Waals surface area contributed by atoms with Gasteiger partial charge in [0.05, 0.1) is 17.7 Å². The second kappa shape index (κ2) is 14.5. The smallest absolute Gasteiger partial charge is 0.335 e. The lowest BCUT2D eigenvalue weighted by Crippen LogP contribution is -2.61. The van der Waals surface area contributed by atoms with Gasteiger partial charge in [0.15, 0.2) is 11.2 Å². The second-order valence-electron chi connectivity index (χ2n) is 11.0. The largest absolute Gasteiger partial charge is 0.487 e. The fourth-order valence-corrected chi connectivity index (χ4v) is 5.90. The Bertz CT molecular complexity index is 1550. The number of nitrogens with one attached hydrogen (secondary N) is 2. The van der Waals surface area contributed by atoms with Gasteiger partial charge in [0.1, 0.15) is 29.7 Å². The van der Waals surface area contributed by atoms with E-state index in [0.29, 0.717) is 15.5 Å². The summed E-state index contributed by atoms with van der Waals surface area (Å²) in [5.74, 6) is -2.75. The molecule has 6 N–H and O–H groups in total. The number of methoxy groups -OCH3 is 1. The lowest BCUT2D eigenvalue weighted by Gasteiger charge is -2.38. The number of nitrogens with zero attached hydrogens (tertiary/aromatic N) is 2. The number of carbonyl (C=O) groups is 3.